The van der Waals surface area contributed by atoms with E-state index in [9.17, 15) is 4.79 Å². The van der Waals surface area contributed by atoms with Crippen LogP contribution in [-0.4, -0.2) is 28.0 Å². The number of aromatic nitrogens is 3. The number of rotatable bonds is 6. The second-order valence-corrected chi connectivity index (χ2v) is 5.34. The number of Topliss-reactive ketones (excluding diaryl/α,β-unsaturated/α-hetero) is 1. The Morgan fingerprint density at radius 1 is 1.17 bits per heavy atom. The second kappa shape index (κ2) is 7.04. The van der Waals surface area contributed by atoms with Gasteiger partial charge >= 0.3 is 0 Å². The number of aryl methyl sites for hydroxylation is 2. The Morgan fingerprint density at radius 3 is 2.71 bits per heavy atom. The van der Waals surface area contributed by atoms with Crippen LogP contribution in [0, 0.1) is 6.92 Å². The van der Waals surface area contributed by atoms with Gasteiger partial charge in [0.25, 0.3) is 0 Å². The number of methoxy groups -OCH3 is 1. The van der Waals surface area contributed by atoms with E-state index in [0.717, 1.165) is 11.3 Å². The predicted octanol–water partition coefficient (Wildman–Crippen LogP) is 3.26. The molecular formula is C18H17N3O3. The number of ketones is 1. The summed E-state index contributed by atoms with van der Waals surface area (Å²) in [5.41, 5.74) is 2.26. The molecule has 3 aromatic rings. The van der Waals surface area contributed by atoms with Crippen LogP contribution in [0.2, 0.25) is 0 Å². The molecule has 0 N–H and O–H groups in total. The Labute approximate surface area is 139 Å². The third kappa shape index (κ3) is 3.65. The van der Waals surface area contributed by atoms with Gasteiger partial charge in [0.2, 0.25) is 17.6 Å². The molecule has 6 nitrogen and oxygen atoms in total. The van der Waals surface area contributed by atoms with Gasteiger partial charge in [-0.15, -0.1) is 0 Å². The first-order valence-corrected chi connectivity index (χ1v) is 7.59. The number of ether oxygens (including phenoxy) is 1. The fourth-order valence-corrected chi connectivity index (χ4v) is 2.33. The zero-order chi connectivity index (χ0) is 16.9. The highest BCUT2D eigenvalue weighted by Gasteiger charge is 2.13. The molecule has 0 saturated heterocycles. The average Bonchev–Trinajstić information content (AvgIpc) is 3.09. The SMILES string of the molecule is COc1cc(-c2noc(CCC(=O)c3ccccc3)n2)cc(C)n1. The maximum absolute atomic E-state index is 12.1. The van der Waals surface area contributed by atoms with Gasteiger partial charge in [0.15, 0.2) is 5.78 Å². The van der Waals surface area contributed by atoms with Crippen molar-refractivity contribution in [2.24, 2.45) is 0 Å². The fourth-order valence-electron chi connectivity index (χ4n) is 2.33. The molecular weight excluding hydrogens is 306 g/mol. The van der Waals surface area contributed by atoms with Gasteiger partial charge in [-0.1, -0.05) is 35.5 Å². The molecule has 122 valence electrons. The molecule has 0 radical (unpaired) electrons. The zero-order valence-corrected chi connectivity index (χ0v) is 13.5. The molecule has 0 unspecified atom stereocenters. The smallest absolute Gasteiger partial charge is 0.227 e. The summed E-state index contributed by atoms with van der Waals surface area (Å²) in [5.74, 6) is 1.44. The van der Waals surface area contributed by atoms with Crippen molar-refractivity contribution in [1.82, 2.24) is 15.1 Å². The molecule has 0 aliphatic heterocycles. The summed E-state index contributed by atoms with van der Waals surface area (Å²) < 4.78 is 10.4. The van der Waals surface area contributed by atoms with Crippen molar-refractivity contribution >= 4 is 5.78 Å². The van der Waals surface area contributed by atoms with Crippen LogP contribution in [0.5, 0.6) is 5.88 Å². The monoisotopic (exact) mass is 323 g/mol. The van der Waals surface area contributed by atoms with Crippen molar-refractivity contribution in [3.05, 3.63) is 59.6 Å². The molecule has 0 spiro atoms. The topological polar surface area (TPSA) is 78.1 Å². The maximum Gasteiger partial charge on any atom is 0.227 e. The molecule has 2 aromatic heterocycles. The molecule has 0 aliphatic rings. The molecule has 3 rings (SSSR count). The minimum atomic E-state index is 0.0526. The van der Waals surface area contributed by atoms with Gasteiger partial charge < -0.3 is 9.26 Å². The Morgan fingerprint density at radius 2 is 1.96 bits per heavy atom. The first-order valence-electron chi connectivity index (χ1n) is 7.59. The summed E-state index contributed by atoms with van der Waals surface area (Å²) in [6.07, 6.45) is 0.728. The summed E-state index contributed by atoms with van der Waals surface area (Å²) in [6.45, 7) is 1.87. The molecule has 2 heterocycles. The maximum atomic E-state index is 12.1. The summed E-state index contributed by atoms with van der Waals surface area (Å²) >= 11 is 0. The van der Waals surface area contributed by atoms with E-state index in [0.29, 0.717) is 36.0 Å². The van der Waals surface area contributed by atoms with Crippen molar-refractivity contribution in [1.29, 1.82) is 0 Å². The van der Waals surface area contributed by atoms with Crippen molar-refractivity contribution in [3.8, 4) is 17.3 Å². The van der Waals surface area contributed by atoms with E-state index < -0.39 is 0 Å². The van der Waals surface area contributed by atoms with E-state index in [1.165, 1.54) is 0 Å². The molecule has 6 heteroatoms. The first-order chi connectivity index (χ1) is 11.7. The predicted molar refractivity (Wildman–Crippen MR) is 87.9 cm³/mol. The summed E-state index contributed by atoms with van der Waals surface area (Å²) in [4.78, 5) is 20.7. The van der Waals surface area contributed by atoms with Crippen LogP contribution in [0.1, 0.15) is 28.4 Å². The number of carbonyl (C=O) groups excluding carboxylic acids is 1. The normalized spacial score (nSPS) is 10.6. The number of hydrogen-bond acceptors (Lipinski definition) is 6. The fraction of sp³-hybridized carbons (Fsp3) is 0.222. The van der Waals surface area contributed by atoms with Crippen molar-refractivity contribution < 1.29 is 14.1 Å². The lowest BCUT2D eigenvalue weighted by Crippen LogP contribution is -2.01. The van der Waals surface area contributed by atoms with Crippen LogP contribution in [0.3, 0.4) is 0 Å². The summed E-state index contributed by atoms with van der Waals surface area (Å²) in [5, 5.41) is 3.97. The van der Waals surface area contributed by atoms with Crippen molar-refractivity contribution in [2.45, 2.75) is 19.8 Å². The largest absolute Gasteiger partial charge is 0.481 e. The third-order valence-corrected chi connectivity index (χ3v) is 3.53. The van der Waals surface area contributed by atoms with Gasteiger partial charge in [0.1, 0.15) is 0 Å². The highest BCUT2D eigenvalue weighted by atomic mass is 16.5. The molecule has 0 fully saturated rings. The lowest BCUT2D eigenvalue weighted by atomic mass is 10.1. The van der Waals surface area contributed by atoms with Gasteiger partial charge in [-0.2, -0.15) is 4.98 Å². The third-order valence-electron chi connectivity index (χ3n) is 3.53. The number of pyridine rings is 1. The van der Waals surface area contributed by atoms with E-state index in [2.05, 4.69) is 15.1 Å². The number of benzene rings is 1. The molecule has 0 aliphatic carbocycles. The van der Waals surface area contributed by atoms with E-state index in [4.69, 9.17) is 9.26 Å². The van der Waals surface area contributed by atoms with Gasteiger partial charge in [0.05, 0.1) is 7.11 Å². The number of nitrogens with zero attached hydrogens (tertiary/aromatic N) is 3. The van der Waals surface area contributed by atoms with Gasteiger partial charge in [-0.05, 0) is 13.0 Å². The highest BCUT2D eigenvalue weighted by Crippen LogP contribution is 2.21. The number of carbonyl (C=O) groups is 1. The van der Waals surface area contributed by atoms with E-state index >= 15 is 0 Å². The van der Waals surface area contributed by atoms with Gasteiger partial charge in [0, 0.05) is 35.7 Å². The van der Waals surface area contributed by atoms with E-state index in [1.54, 1.807) is 25.3 Å². The lowest BCUT2D eigenvalue weighted by molar-refractivity contribution is 0.0979. The Bertz CT molecular complexity index is 844. The molecule has 1 aromatic carbocycles. The number of hydrogen-bond donors (Lipinski definition) is 0. The minimum Gasteiger partial charge on any atom is -0.481 e. The Balaban J connectivity index is 1.70. The van der Waals surface area contributed by atoms with Crippen LogP contribution in [0.15, 0.2) is 47.0 Å². The standard InChI is InChI=1S/C18H17N3O3/c1-12-10-14(11-17(19-12)23-2)18-20-16(24-21-18)9-8-15(22)13-6-4-3-5-7-13/h3-7,10-11H,8-9H2,1-2H3. The van der Waals surface area contributed by atoms with Crippen LogP contribution in [0.4, 0.5) is 0 Å². The zero-order valence-electron chi connectivity index (χ0n) is 13.5. The van der Waals surface area contributed by atoms with Crippen molar-refractivity contribution in [3.63, 3.8) is 0 Å². The molecule has 0 saturated carbocycles. The molecule has 0 amide bonds. The quantitative estimate of drug-likeness (QED) is 0.648. The molecule has 0 bridgehead atoms. The highest BCUT2D eigenvalue weighted by molar-refractivity contribution is 5.96. The van der Waals surface area contributed by atoms with Crippen LogP contribution in [0.25, 0.3) is 11.4 Å². The van der Waals surface area contributed by atoms with Crippen LogP contribution >= 0.6 is 0 Å². The first kappa shape index (κ1) is 15.9. The average molecular weight is 323 g/mol. The van der Waals surface area contributed by atoms with Crippen LogP contribution in [-0.2, 0) is 6.42 Å². The van der Waals surface area contributed by atoms with E-state index in [1.807, 2.05) is 31.2 Å². The second-order valence-electron chi connectivity index (χ2n) is 5.34. The van der Waals surface area contributed by atoms with E-state index in [-0.39, 0.29) is 5.78 Å². The van der Waals surface area contributed by atoms with Crippen LogP contribution < -0.4 is 4.74 Å². The molecule has 24 heavy (non-hydrogen) atoms. The van der Waals surface area contributed by atoms with Crippen molar-refractivity contribution in [2.75, 3.05) is 7.11 Å². The minimum absolute atomic E-state index is 0.0526. The Hall–Kier alpha value is -3.02. The summed E-state index contributed by atoms with van der Waals surface area (Å²) in [7, 11) is 1.56. The summed E-state index contributed by atoms with van der Waals surface area (Å²) in [6, 6.07) is 12.8. The van der Waals surface area contributed by atoms with Gasteiger partial charge in [-0.3, -0.25) is 4.79 Å². The van der Waals surface area contributed by atoms with Gasteiger partial charge in [-0.25, -0.2) is 4.98 Å². The lowest BCUT2D eigenvalue weighted by Gasteiger charge is -2.02. The Kier molecular flexibility index (Phi) is 4.65. The molecule has 0 atom stereocenters.